The largest absolute Gasteiger partial charge is 0.388 e. The van der Waals surface area contributed by atoms with Crippen LogP contribution in [0.2, 0.25) is 0 Å². The van der Waals surface area contributed by atoms with E-state index in [2.05, 4.69) is 0 Å². The molecule has 11 aromatic carbocycles. The number of rotatable bonds is 43. The zero-order valence-electron chi connectivity index (χ0n) is 69.0. The van der Waals surface area contributed by atoms with Crippen molar-refractivity contribution in [1.82, 2.24) is 0 Å². The van der Waals surface area contributed by atoms with Crippen molar-refractivity contribution < 1.29 is 86.4 Å². The maximum absolute atomic E-state index is 13.7. The number of aliphatic hydroxyl groups excluding tert-OH is 3. The Labute approximate surface area is 717 Å². The van der Waals surface area contributed by atoms with Crippen molar-refractivity contribution in [2.75, 3.05) is 19.8 Å². The monoisotopic (exact) mass is 1650 g/mol. The summed E-state index contributed by atoms with van der Waals surface area (Å²) in [6.45, 7) is 2.41. The van der Waals surface area contributed by atoms with Gasteiger partial charge in [-0.2, -0.15) is 0 Å². The number of hydrogen-bond acceptors (Lipinski definition) is 18. The van der Waals surface area contributed by atoms with E-state index >= 15 is 0 Å². The van der Waals surface area contributed by atoms with Gasteiger partial charge in [-0.1, -0.05) is 334 Å². The van der Waals surface area contributed by atoms with Gasteiger partial charge in [-0.15, -0.1) is 0 Å². The molecular formula is C104H114O18. The molecule has 0 spiro atoms. The van der Waals surface area contributed by atoms with Crippen LogP contribution in [0.15, 0.2) is 334 Å². The molecule has 0 bridgehead atoms. The lowest BCUT2D eigenvalue weighted by Gasteiger charge is -2.52. The first-order valence-corrected chi connectivity index (χ1v) is 43.0. The summed E-state index contributed by atoms with van der Waals surface area (Å²) in [5.74, 6) is -0.704. The van der Waals surface area contributed by atoms with Gasteiger partial charge < -0.3 is 86.4 Å². The Balaban J connectivity index is 0.834. The van der Waals surface area contributed by atoms with Crippen LogP contribution in [-0.2, 0) is 144 Å². The number of hydrogen-bond donors (Lipinski definition) is 3. The molecule has 122 heavy (non-hydrogen) atoms. The Kier molecular flexibility index (Phi) is 33.3. The van der Waals surface area contributed by atoms with Gasteiger partial charge in [-0.25, -0.2) is 0 Å². The van der Waals surface area contributed by atoms with Crippen molar-refractivity contribution in [2.24, 2.45) is 5.92 Å². The molecule has 4 aliphatic heterocycles. The van der Waals surface area contributed by atoms with Crippen molar-refractivity contribution in [3.8, 4) is 0 Å². The number of ether oxygens (including phenoxy) is 15. The van der Waals surface area contributed by atoms with Gasteiger partial charge in [-0.05, 0) is 80.5 Å². The van der Waals surface area contributed by atoms with Crippen LogP contribution in [0.1, 0.15) is 86.9 Å². The fourth-order valence-corrected chi connectivity index (χ4v) is 17.0. The molecule has 11 aromatic rings. The van der Waals surface area contributed by atoms with Crippen LogP contribution in [0.4, 0.5) is 0 Å². The zero-order valence-corrected chi connectivity index (χ0v) is 69.0. The van der Waals surface area contributed by atoms with E-state index in [0.717, 1.165) is 61.2 Å². The summed E-state index contributed by atoms with van der Waals surface area (Å²) in [5, 5.41) is 40.8. The van der Waals surface area contributed by atoms with Crippen LogP contribution >= 0.6 is 0 Å². The molecule has 4 heterocycles. The molecule has 4 aliphatic rings. The summed E-state index contributed by atoms with van der Waals surface area (Å²) in [5.41, 5.74) is 10.3. The first-order valence-electron chi connectivity index (χ1n) is 43.0. The molecule has 4 saturated heterocycles. The molecule has 0 aliphatic carbocycles. The minimum Gasteiger partial charge on any atom is -0.388 e. The van der Waals surface area contributed by atoms with Crippen LogP contribution in [0.5, 0.6) is 0 Å². The standard InChI is InChI=1S/C104H114O18/c105-94-87(120-91(71-108-60-74-34-12-1-13-35-74)99(113-65-79-44-22-6-23-45-79)102(94)116-68-82-50-28-9-29-51-82)57-56-86-85(58-88-95(106)103(117-69-83-52-30-10-31-53-83)100(114-66-80-46-24-7-25-47-80)92(121-88)72-109-61-75-36-14-2-15-37-75)97(111-63-77-40-18-4-19-41-77)98(112-64-78-42-20-5-21-43-78)90(119-86)59-89-96(107)104(118-70-84-54-32-11-33-55-84)101(115-67-81-48-26-8-27-49-81)93(122-89)73-110-62-76-38-16-3-17-39-76/h1-55,85-107H,56-73H2/t85-,86+,87-,88-,89-,90+,91+,92+,93+,94-,95-,96-,97-,98-,99+,100+,101+,102+,103+,104+/m0/s1. The summed E-state index contributed by atoms with van der Waals surface area (Å²) in [4.78, 5) is 0. The van der Waals surface area contributed by atoms with E-state index in [4.69, 9.17) is 71.1 Å². The Morgan fingerprint density at radius 2 is 0.369 bits per heavy atom. The molecule has 3 N–H and O–H groups in total. The molecule has 0 aromatic heterocycles. The molecule has 4 fully saturated rings. The molecule has 18 heteroatoms. The van der Waals surface area contributed by atoms with Crippen LogP contribution in [0.3, 0.4) is 0 Å². The average molecular weight is 1650 g/mol. The van der Waals surface area contributed by atoms with E-state index in [1.165, 1.54) is 0 Å². The first-order chi connectivity index (χ1) is 60.2. The lowest BCUT2D eigenvalue weighted by molar-refractivity contribution is -0.291. The third-order valence-electron chi connectivity index (χ3n) is 23.4. The van der Waals surface area contributed by atoms with E-state index in [1.54, 1.807) is 0 Å². The quantitative estimate of drug-likeness (QED) is 0.0326. The van der Waals surface area contributed by atoms with Gasteiger partial charge in [0, 0.05) is 12.3 Å². The predicted octanol–water partition coefficient (Wildman–Crippen LogP) is 16.6. The van der Waals surface area contributed by atoms with Gasteiger partial charge in [0.2, 0.25) is 0 Å². The number of aliphatic hydroxyl groups is 3. The summed E-state index contributed by atoms with van der Waals surface area (Å²) in [7, 11) is 0. The van der Waals surface area contributed by atoms with Crippen molar-refractivity contribution >= 4 is 0 Å². The third-order valence-corrected chi connectivity index (χ3v) is 23.4. The minimum atomic E-state index is -1.33. The molecule has 18 nitrogen and oxygen atoms in total. The SMILES string of the molecule is O[C@@H]1[C@@H](OCc2ccccc2)[C@H](OCc2ccccc2)[C@@H](COCc2ccccc2)O[C@H]1CC[C@H]1O[C@H](C[C@@H]2O[C@H](COCc3ccccc3)[C@@H](OCc3ccccc3)[C@H](OCc3ccccc3)[C@H]2O)[C@H](OCc2ccccc2)[C@@H](OCc2ccccc2)[C@H]1C[C@@H]1O[C@H](COCc2ccccc2)[C@@H](OCc2ccccc2)[C@H](OCc2ccccc2)[C@H]1O. The highest BCUT2D eigenvalue weighted by atomic mass is 16.6. The Morgan fingerprint density at radius 1 is 0.180 bits per heavy atom. The van der Waals surface area contributed by atoms with Gasteiger partial charge in [0.25, 0.3) is 0 Å². The highest BCUT2D eigenvalue weighted by Crippen LogP contribution is 2.44. The maximum Gasteiger partial charge on any atom is 0.115 e. The zero-order chi connectivity index (χ0) is 83.1. The summed E-state index contributed by atoms with van der Waals surface area (Å²) >= 11 is 0. The second-order valence-corrected chi connectivity index (χ2v) is 32.1. The summed E-state index contributed by atoms with van der Waals surface area (Å²) in [6.07, 6.45) is -17.5. The first kappa shape index (κ1) is 87.6. The van der Waals surface area contributed by atoms with E-state index in [1.807, 2.05) is 334 Å². The summed E-state index contributed by atoms with van der Waals surface area (Å²) in [6, 6.07) is 110. The van der Waals surface area contributed by atoms with Crippen molar-refractivity contribution in [2.45, 2.75) is 214 Å². The topological polar surface area (TPSA) is 199 Å². The van der Waals surface area contributed by atoms with Crippen LogP contribution in [-0.4, -0.2) is 151 Å². The third kappa shape index (κ3) is 25.2. The lowest BCUT2D eigenvalue weighted by atomic mass is 9.77. The predicted molar refractivity (Wildman–Crippen MR) is 463 cm³/mol. The maximum atomic E-state index is 13.7. The molecule has 0 unspecified atom stereocenters. The molecule has 15 rings (SSSR count). The van der Waals surface area contributed by atoms with Crippen LogP contribution in [0.25, 0.3) is 0 Å². The van der Waals surface area contributed by atoms with Gasteiger partial charge in [-0.3, -0.25) is 0 Å². The van der Waals surface area contributed by atoms with Gasteiger partial charge in [0.1, 0.15) is 79.4 Å². The highest BCUT2D eigenvalue weighted by Gasteiger charge is 2.56. The highest BCUT2D eigenvalue weighted by molar-refractivity contribution is 5.23. The summed E-state index contributed by atoms with van der Waals surface area (Å²) < 4.78 is 108. The minimum absolute atomic E-state index is 0.0409. The molecule has 638 valence electrons. The molecule has 0 radical (unpaired) electrons. The van der Waals surface area contributed by atoms with Gasteiger partial charge in [0.05, 0.1) is 129 Å². The van der Waals surface area contributed by atoms with E-state index < -0.39 is 122 Å². The smallest absolute Gasteiger partial charge is 0.115 e. The molecule has 0 saturated carbocycles. The van der Waals surface area contributed by atoms with Crippen molar-refractivity contribution in [3.63, 3.8) is 0 Å². The fraction of sp³-hybridized carbons (Fsp3) is 0.365. The molecule has 20 atom stereocenters. The fourth-order valence-electron chi connectivity index (χ4n) is 17.0. The van der Waals surface area contributed by atoms with Crippen LogP contribution in [0, 0.1) is 5.92 Å². The van der Waals surface area contributed by atoms with E-state index in [9.17, 15) is 15.3 Å². The average Bonchev–Trinajstić information content (AvgIpc) is 0.765. The Bertz CT molecular complexity index is 4680. The molecular weight excluding hydrogens is 1540 g/mol. The second-order valence-electron chi connectivity index (χ2n) is 32.1. The lowest BCUT2D eigenvalue weighted by Crippen LogP contribution is -2.64. The second kappa shape index (κ2) is 46.4. The Morgan fingerprint density at radius 3 is 0.631 bits per heavy atom. The van der Waals surface area contributed by atoms with Gasteiger partial charge >= 0.3 is 0 Å². The normalized spacial score (nSPS) is 26.6. The van der Waals surface area contributed by atoms with Crippen molar-refractivity contribution in [1.29, 1.82) is 0 Å². The van der Waals surface area contributed by atoms with Crippen LogP contribution < -0.4 is 0 Å². The van der Waals surface area contributed by atoms with Crippen molar-refractivity contribution in [3.05, 3.63) is 395 Å². The van der Waals surface area contributed by atoms with Gasteiger partial charge in [0.15, 0.2) is 0 Å². The Hall–Kier alpha value is -9.30. The van der Waals surface area contributed by atoms with E-state index in [0.29, 0.717) is 6.61 Å². The number of benzene rings is 11. The van der Waals surface area contributed by atoms with E-state index in [-0.39, 0.29) is 112 Å². The molecule has 0 amide bonds.